The number of aryl methyl sites for hydroxylation is 1. The maximum absolute atomic E-state index is 14.2. The number of carbonyl (C=O) groups excluding carboxylic acids is 1. The van der Waals surface area contributed by atoms with Crippen molar-refractivity contribution in [3.63, 3.8) is 0 Å². The molecule has 11 heteroatoms. The zero-order valence-corrected chi connectivity index (χ0v) is 19.7. The maximum atomic E-state index is 14.2. The number of nitrogens with one attached hydrogen (secondary N) is 1. The molecule has 0 unspecified atom stereocenters. The molecule has 5 rings (SSSR count). The first-order valence-corrected chi connectivity index (χ1v) is 11.3. The van der Waals surface area contributed by atoms with Gasteiger partial charge in [-0.1, -0.05) is 12.1 Å². The van der Waals surface area contributed by atoms with Crippen molar-refractivity contribution in [2.45, 2.75) is 6.43 Å². The number of methoxy groups -OCH3 is 1. The monoisotopic (exact) mass is 494 g/mol. The molecular weight excluding hydrogens is 470 g/mol. The van der Waals surface area contributed by atoms with E-state index in [4.69, 9.17) is 9.47 Å². The van der Waals surface area contributed by atoms with Gasteiger partial charge in [0, 0.05) is 37.1 Å². The lowest BCUT2D eigenvalue weighted by molar-refractivity contribution is 0.0594. The number of ether oxygens (including phenoxy) is 2. The smallest absolute Gasteiger partial charge is 0.360 e. The number of halogens is 2. The van der Waals surface area contributed by atoms with Crippen LogP contribution in [0.15, 0.2) is 48.8 Å². The molecule has 1 fully saturated rings. The number of aromatic nitrogens is 4. The first-order valence-electron chi connectivity index (χ1n) is 11.3. The van der Waals surface area contributed by atoms with Gasteiger partial charge in [0.05, 0.1) is 37.7 Å². The largest absolute Gasteiger partial charge is 0.464 e. The SMILES string of the molecule is COC(=O)c1nc(-c2cccc3c2ncn3C)c(C(F)F)nc1Nc1ccc(N2CCOCC2)cc1. The molecular formula is C25H24F2N6O3. The normalized spacial score (nSPS) is 13.9. The van der Waals surface area contributed by atoms with Crippen molar-refractivity contribution >= 4 is 34.2 Å². The first kappa shape index (κ1) is 23.6. The second kappa shape index (κ2) is 9.86. The Morgan fingerprint density at radius 2 is 1.86 bits per heavy atom. The van der Waals surface area contributed by atoms with Gasteiger partial charge in [0.25, 0.3) is 6.43 Å². The Bertz CT molecular complexity index is 1400. The van der Waals surface area contributed by atoms with Crippen molar-refractivity contribution in [3.8, 4) is 11.3 Å². The Morgan fingerprint density at radius 1 is 1.11 bits per heavy atom. The number of morpholine rings is 1. The second-order valence-corrected chi connectivity index (χ2v) is 8.25. The summed E-state index contributed by atoms with van der Waals surface area (Å²) in [5, 5.41) is 2.96. The molecule has 1 aliphatic heterocycles. The van der Waals surface area contributed by atoms with E-state index in [1.807, 2.05) is 18.2 Å². The Balaban J connectivity index is 1.56. The second-order valence-electron chi connectivity index (χ2n) is 8.25. The molecule has 0 atom stereocenters. The van der Waals surface area contributed by atoms with Gasteiger partial charge < -0.3 is 24.3 Å². The van der Waals surface area contributed by atoms with E-state index in [9.17, 15) is 13.6 Å². The van der Waals surface area contributed by atoms with Gasteiger partial charge in [0.1, 0.15) is 11.4 Å². The van der Waals surface area contributed by atoms with E-state index in [0.29, 0.717) is 30.0 Å². The third-order valence-corrected chi connectivity index (χ3v) is 6.02. The van der Waals surface area contributed by atoms with Crippen molar-refractivity contribution in [3.05, 3.63) is 60.2 Å². The van der Waals surface area contributed by atoms with E-state index in [0.717, 1.165) is 24.3 Å². The molecule has 2 aromatic heterocycles. The highest BCUT2D eigenvalue weighted by molar-refractivity contribution is 5.96. The minimum atomic E-state index is -2.94. The topological polar surface area (TPSA) is 94.4 Å². The summed E-state index contributed by atoms with van der Waals surface area (Å²) in [6.45, 7) is 2.89. The number of carbonyl (C=O) groups is 1. The van der Waals surface area contributed by atoms with Gasteiger partial charge in [0.15, 0.2) is 11.5 Å². The molecule has 0 aliphatic carbocycles. The van der Waals surface area contributed by atoms with Gasteiger partial charge >= 0.3 is 5.97 Å². The molecule has 3 heterocycles. The Morgan fingerprint density at radius 3 is 2.56 bits per heavy atom. The standard InChI is InChI=1S/C25H24F2N6O3/c1-32-14-28-19-17(4-3-5-18(19)32)20-21(23(26)27)31-24(22(30-20)25(34)35-2)29-15-6-8-16(9-7-15)33-10-12-36-13-11-33/h3-9,14,23H,10-13H2,1-2H3,(H,29,31). The summed E-state index contributed by atoms with van der Waals surface area (Å²) in [6, 6.07) is 12.6. The van der Waals surface area contributed by atoms with Gasteiger partial charge in [-0.3, -0.25) is 0 Å². The van der Waals surface area contributed by atoms with Crippen LogP contribution < -0.4 is 10.2 Å². The molecule has 0 radical (unpaired) electrons. The number of rotatable bonds is 6. The van der Waals surface area contributed by atoms with E-state index in [1.54, 1.807) is 42.2 Å². The van der Waals surface area contributed by atoms with Crippen LogP contribution >= 0.6 is 0 Å². The lowest BCUT2D eigenvalue weighted by Gasteiger charge is -2.29. The van der Waals surface area contributed by atoms with Crippen molar-refractivity contribution in [1.82, 2.24) is 19.5 Å². The fraction of sp³-hybridized carbons (Fsp3) is 0.280. The number of nitrogens with zero attached hydrogens (tertiary/aromatic N) is 5. The van der Waals surface area contributed by atoms with Crippen molar-refractivity contribution < 1.29 is 23.0 Å². The predicted octanol–water partition coefficient (Wildman–Crippen LogP) is 4.33. The molecule has 0 bridgehead atoms. The van der Waals surface area contributed by atoms with Gasteiger partial charge in [-0.25, -0.2) is 28.5 Å². The highest BCUT2D eigenvalue weighted by Gasteiger charge is 2.27. The summed E-state index contributed by atoms with van der Waals surface area (Å²) in [5.41, 5.74) is 2.24. The molecule has 9 nitrogen and oxygen atoms in total. The number of imidazole rings is 1. The summed E-state index contributed by atoms with van der Waals surface area (Å²) in [7, 11) is 3.00. The number of fused-ring (bicyclic) bond motifs is 1. The Labute approximate surface area is 205 Å². The van der Waals surface area contributed by atoms with E-state index in [1.165, 1.54) is 7.11 Å². The van der Waals surface area contributed by atoms with E-state index in [-0.39, 0.29) is 17.2 Å². The zero-order chi connectivity index (χ0) is 25.2. The van der Waals surface area contributed by atoms with Crippen LogP contribution in [0.2, 0.25) is 0 Å². The van der Waals surface area contributed by atoms with Crippen LogP contribution in [0.4, 0.5) is 26.0 Å². The minimum Gasteiger partial charge on any atom is -0.464 e. The van der Waals surface area contributed by atoms with Gasteiger partial charge in [-0.15, -0.1) is 0 Å². The Hall–Kier alpha value is -4.12. The summed E-state index contributed by atoms with van der Waals surface area (Å²) in [6.07, 6.45) is -1.36. The summed E-state index contributed by atoms with van der Waals surface area (Å²) in [5.74, 6) is -0.918. The molecule has 186 valence electrons. The van der Waals surface area contributed by atoms with Crippen LogP contribution in [0, 0.1) is 0 Å². The molecule has 36 heavy (non-hydrogen) atoms. The highest BCUT2D eigenvalue weighted by Crippen LogP contribution is 2.35. The van der Waals surface area contributed by atoms with Gasteiger partial charge in [-0.2, -0.15) is 0 Å². The zero-order valence-electron chi connectivity index (χ0n) is 19.7. The van der Waals surface area contributed by atoms with Crippen LogP contribution in [-0.2, 0) is 16.5 Å². The number of para-hydroxylation sites is 1. The number of anilines is 3. The average Bonchev–Trinajstić information content (AvgIpc) is 3.29. The molecule has 2 aromatic carbocycles. The number of hydrogen-bond donors (Lipinski definition) is 1. The first-order chi connectivity index (χ1) is 17.5. The van der Waals surface area contributed by atoms with Crippen LogP contribution in [0.25, 0.3) is 22.3 Å². The summed E-state index contributed by atoms with van der Waals surface area (Å²) in [4.78, 5) is 27.6. The van der Waals surface area contributed by atoms with Crippen LogP contribution in [-0.4, -0.2) is 58.9 Å². The third-order valence-electron chi connectivity index (χ3n) is 6.02. The fourth-order valence-electron chi connectivity index (χ4n) is 4.19. The van der Waals surface area contributed by atoms with Crippen LogP contribution in [0.1, 0.15) is 22.6 Å². The lowest BCUT2D eigenvalue weighted by atomic mass is 10.1. The Kier molecular flexibility index (Phi) is 6.47. The van der Waals surface area contributed by atoms with Crippen LogP contribution in [0.5, 0.6) is 0 Å². The summed E-state index contributed by atoms with van der Waals surface area (Å²) >= 11 is 0. The maximum Gasteiger partial charge on any atom is 0.360 e. The molecule has 0 saturated carbocycles. The fourth-order valence-corrected chi connectivity index (χ4v) is 4.19. The molecule has 0 amide bonds. The quantitative estimate of drug-likeness (QED) is 0.396. The van der Waals surface area contributed by atoms with Crippen molar-refractivity contribution in [1.29, 1.82) is 0 Å². The number of alkyl halides is 2. The van der Waals surface area contributed by atoms with Gasteiger partial charge in [0.2, 0.25) is 0 Å². The van der Waals surface area contributed by atoms with Crippen LogP contribution in [0.3, 0.4) is 0 Å². The number of benzene rings is 2. The number of esters is 1. The van der Waals surface area contributed by atoms with Crippen molar-refractivity contribution in [2.75, 3.05) is 43.6 Å². The van der Waals surface area contributed by atoms with Gasteiger partial charge in [-0.05, 0) is 30.3 Å². The third kappa shape index (κ3) is 4.44. The molecule has 4 aromatic rings. The molecule has 0 spiro atoms. The van der Waals surface area contributed by atoms with Crippen molar-refractivity contribution in [2.24, 2.45) is 7.05 Å². The van der Waals surface area contributed by atoms with E-state index in [2.05, 4.69) is 25.2 Å². The molecule has 1 saturated heterocycles. The average molecular weight is 495 g/mol. The van der Waals surface area contributed by atoms with E-state index < -0.39 is 18.1 Å². The lowest BCUT2D eigenvalue weighted by Crippen LogP contribution is -2.36. The minimum absolute atomic E-state index is 0.117. The van der Waals surface area contributed by atoms with E-state index >= 15 is 0 Å². The molecule has 1 aliphatic rings. The summed E-state index contributed by atoms with van der Waals surface area (Å²) < 4.78 is 40.5. The molecule has 1 N–H and O–H groups in total. The predicted molar refractivity (Wildman–Crippen MR) is 131 cm³/mol. The highest BCUT2D eigenvalue weighted by atomic mass is 19.3. The number of hydrogen-bond acceptors (Lipinski definition) is 8.